The molecule has 3 heteroatoms. The molecule has 3 nitrogen and oxygen atoms in total. The summed E-state index contributed by atoms with van der Waals surface area (Å²) in [5.41, 5.74) is 1.42. The Kier molecular flexibility index (Phi) is 5.83. The van der Waals surface area contributed by atoms with E-state index in [9.17, 15) is 0 Å². The zero-order chi connectivity index (χ0) is 13.5. The molecule has 2 rings (SSSR count). The van der Waals surface area contributed by atoms with Gasteiger partial charge in [0.1, 0.15) is 0 Å². The molecule has 0 saturated carbocycles. The van der Waals surface area contributed by atoms with Gasteiger partial charge in [-0.15, -0.1) is 0 Å². The summed E-state index contributed by atoms with van der Waals surface area (Å²) in [5, 5.41) is 3.67. The second kappa shape index (κ2) is 7.63. The molecule has 0 radical (unpaired) electrons. The minimum Gasteiger partial charge on any atom is -0.383 e. The van der Waals surface area contributed by atoms with Crippen LogP contribution in [0.3, 0.4) is 0 Å². The molecule has 0 bridgehead atoms. The van der Waals surface area contributed by atoms with E-state index in [-0.39, 0.29) is 0 Å². The molecular weight excluding hydrogens is 236 g/mol. The number of ether oxygens (including phenoxy) is 1. The molecule has 106 valence electrons. The number of nitrogens with zero attached hydrogens (tertiary/aromatic N) is 1. The monoisotopic (exact) mass is 262 g/mol. The summed E-state index contributed by atoms with van der Waals surface area (Å²) in [6.45, 7) is 6.47. The van der Waals surface area contributed by atoms with Crippen LogP contribution in [-0.2, 0) is 11.2 Å². The van der Waals surface area contributed by atoms with Crippen molar-refractivity contribution in [2.24, 2.45) is 0 Å². The molecule has 1 aliphatic heterocycles. The van der Waals surface area contributed by atoms with E-state index in [1.165, 1.54) is 18.5 Å². The molecule has 1 aliphatic rings. The zero-order valence-electron chi connectivity index (χ0n) is 12.1. The van der Waals surface area contributed by atoms with Gasteiger partial charge in [0, 0.05) is 25.7 Å². The first-order valence-electron chi connectivity index (χ1n) is 7.30. The van der Waals surface area contributed by atoms with Crippen LogP contribution < -0.4 is 5.32 Å². The molecule has 0 aliphatic carbocycles. The SMILES string of the molecule is COCC(C)N1CCCNC(Cc2ccccc2)C1. The molecule has 2 atom stereocenters. The number of nitrogens with one attached hydrogen (secondary N) is 1. The summed E-state index contributed by atoms with van der Waals surface area (Å²) in [7, 11) is 1.79. The summed E-state index contributed by atoms with van der Waals surface area (Å²) in [6.07, 6.45) is 2.33. The first-order chi connectivity index (χ1) is 9.29. The number of rotatable bonds is 5. The van der Waals surface area contributed by atoms with E-state index in [2.05, 4.69) is 47.5 Å². The van der Waals surface area contributed by atoms with Crippen molar-refractivity contribution in [1.82, 2.24) is 10.2 Å². The van der Waals surface area contributed by atoms with Gasteiger partial charge in [-0.2, -0.15) is 0 Å². The maximum absolute atomic E-state index is 5.29. The van der Waals surface area contributed by atoms with Crippen LogP contribution in [0, 0.1) is 0 Å². The van der Waals surface area contributed by atoms with Crippen LogP contribution in [0.1, 0.15) is 18.9 Å². The van der Waals surface area contributed by atoms with Crippen LogP contribution in [0.4, 0.5) is 0 Å². The van der Waals surface area contributed by atoms with E-state index in [0.717, 1.165) is 26.1 Å². The highest BCUT2D eigenvalue weighted by molar-refractivity contribution is 5.16. The summed E-state index contributed by atoms with van der Waals surface area (Å²) in [4.78, 5) is 2.55. The second-order valence-electron chi connectivity index (χ2n) is 5.49. The Balaban J connectivity index is 1.92. The highest BCUT2D eigenvalue weighted by atomic mass is 16.5. The zero-order valence-corrected chi connectivity index (χ0v) is 12.1. The standard InChI is InChI=1S/C16H26N2O/c1-14(13-19-2)18-10-6-9-17-16(12-18)11-15-7-4-3-5-8-15/h3-5,7-8,14,16-17H,6,9-13H2,1-2H3. The van der Waals surface area contributed by atoms with Gasteiger partial charge >= 0.3 is 0 Å². The number of benzene rings is 1. The number of hydrogen-bond acceptors (Lipinski definition) is 3. The average molecular weight is 262 g/mol. The van der Waals surface area contributed by atoms with Crippen molar-refractivity contribution in [3.05, 3.63) is 35.9 Å². The van der Waals surface area contributed by atoms with Crippen LogP contribution >= 0.6 is 0 Å². The van der Waals surface area contributed by atoms with E-state index < -0.39 is 0 Å². The van der Waals surface area contributed by atoms with Crippen LogP contribution in [0.15, 0.2) is 30.3 Å². The van der Waals surface area contributed by atoms with Gasteiger partial charge in [-0.3, -0.25) is 4.90 Å². The van der Waals surface area contributed by atoms with Gasteiger partial charge in [0.15, 0.2) is 0 Å². The van der Waals surface area contributed by atoms with E-state index in [1.54, 1.807) is 7.11 Å². The number of methoxy groups -OCH3 is 1. The van der Waals surface area contributed by atoms with Gasteiger partial charge in [-0.05, 0) is 38.4 Å². The molecule has 1 N–H and O–H groups in total. The molecule has 0 spiro atoms. The van der Waals surface area contributed by atoms with Crippen LogP contribution in [0.25, 0.3) is 0 Å². The third-order valence-corrected chi connectivity index (χ3v) is 3.87. The fourth-order valence-corrected chi connectivity index (χ4v) is 2.81. The van der Waals surface area contributed by atoms with Crippen LogP contribution in [0.2, 0.25) is 0 Å². The van der Waals surface area contributed by atoms with Gasteiger partial charge < -0.3 is 10.1 Å². The van der Waals surface area contributed by atoms with E-state index >= 15 is 0 Å². The molecule has 0 aromatic heterocycles. The van der Waals surface area contributed by atoms with Crippen molar-refractivity contribution in [1.29, 1.82) is 0 Å². The predicted molar refractivity (Wildman–Crippen MR) is 79.5 cm³/mol. The Bertz CT molecular complexity index is 355. The summed E-state index contributed by atoms with van der Waals surface area (Å²) < 4.78 is 5.29. The first-order valence-corrected chi connectivity index (χ1v) is 7.30. The van der Waals surface area contributed by atoms with Gasteiger partial charge in [-0.25, -0.2) is 0 Å². The molecule has 1 saturated heterocycles. The highest BCUT2D eigenvalue weighted by Crippen LogP contribution is 2.10. The van der Waals surface area contributed by atoms with Gasteiger partial charge in [-0.1, -0.05) is 30.3 Å². The lowest BCUT2D eigenvalue weighted by atomic mass is 10.1. The summed E-state index contributed by atoms with van der Waals surface area (Å²) in [6, 6.07) is 11.8. The van der Waals surface area contributed by atoms with E-state index in [0.29, 0.717) is 12.1 Å². The fourth-order valence-electron chi connectivity index (χ4n) is 2.81. The Morgan fingerprint density at radius 3 is 2.89 bits per heavy atom. The van der Waals surface area contributed by atoms with Crippen molar-refractivity contribution in [2.75, 3.05) is 33.4 Å². The molecule has 1 aromatic rings. The normalized spacial score (nSPS) is 22.9. The maximum Gasteiger partial charge on any atom is 0.0615 e. The summed E-state index contributed by atoms with van der Waals surface area (Å²) in [5.74, 6) is 0. The largest absolute Gasteiger partial charge is 0.383 e. The Morgan fingerprint density at radius 2 is 2.16 bits per heavy atom. The Labute approximate surface area is 116 Å². The van der Waals surface area contributed by atoms with Crippen molar-refractivity contribution in [2.45, 2.75) is 31.8 Å². The highest BCUT2D eigenvalue weighted by Gasteiger charge is 2.21. The van der Waals surface area contributed by atoms with Crippen molar-refractivity contribution < 1.29 is 4.74 Å². The third-order valence-electron chi connectivity index (χ3n) is 3.87. The summed E-state index contributed by atoms with van der Waals surface area (Å²) >= 11 is 0. The molecule has 1 heterocycles. The van der Waals surface area contributed by atoms with Crippen molar-refractivity contribution in [3.63, 3.8) is 0 Å². The molecule has 2 unspecified atom stereocenters. The van der Waals surface area contributed by atoms with Crippen LogP contribution in [0.5, 0.6) is 0 Å². The molecule has 0 amide bonds. The minimum atomic E-state index is 0.503. The topological polar surface area (TPSA) is 24.5 Å². The smallest absolute Gasteiger partial charge is 0.0615 e. The molecule has 1 aromatic carbocycles. The minimum absolute atomic E-state index is 0.503. The van der Waals surface area contributed by atoms with Gasteiger partial charge in [0.2, 0.25) is 0 Å². The predicted octanol–water partition coefficient (Wildman–Crippen LogP) is 1.93. The first kappa shape index (κ1) is 14.5. The van der Waals surface area contributed by atoms with E-state index in [4.69, 9.17) is 4.74 Å². The van der Waals surface area contributed by atoms with Crippen molar-refractivity contribution >= 4 is 0 Å². The van der Waals surface area contributed by atoms with E-state index in [1.807, 2.05) is 0 Å². The van der Waals surface area contributed by atoms with Gasteiger partial charge in [0.05, 0.1) is 6.61 Å². The lowest BCUT2D eigenvalue weighted by Crippen LogP contribution is -2.44. The Morgan fingerprint density at radius 1 is 1.37 bits per heavy atom. The maximum atomic E-state index is 5.29. The Hall–Kier alpha value is -0.900. The quantitative estimate of drug-likeness (QED) is 0.877. The molecular formula is C16H26N2O. The third kappa shape index (κ3) is 4.60. The second-order valence-corrected chi connectivity index (χ2v) is 5.49. The van der Waals surface area contributed by atoms with Gasteiger partial charge in [0.25, 0.3) is 0 Å². The fraction of sp³-hybridized carbons (Fsp3) is 0.625. The lowest BCUT2D eigenvalue weighted by Gasteiger charge is -2.29. The lowest BCUT2D eigenvalue weighted by molar-refractivity contribution is 0.0980. The molecule has 19 heavy (non-hydrogen) atoms. The average Bonchev–Trinajstić information content (AvgIpc) is 2.66. The number of hydrogen-bond donors (Lipinski definition) is 1. The van der Waals surface area contributed by atoms with Crippen LogP contribution in [-0.4, -0.2) is 50.3 Å². The molecule has 1 fully saturated rings. The van der Waals surface area contributed by atoms with Crippen molar-refractivity contribution in [3.8, 4) is 0 Å².